The Bertz CT molecular complexity index is 369. The first-order valence-electron chi connectivity index (χ1n) is 7.81. The number of hydrogen-bond donors (Lipinski definition) is 1. The van der Waals surface area contributed by atoms with Crippen molar-refractivity contribution in [2.75, 3.05) is 0 Å². The van der Waals surface area contributed by atoms with E-state index in [0.29, 0.717) is 11.3 Å². The summed E-state index contributed by atoms with van der Waals surface area (Å²) in [7, 11) is 0. The Hall–Kier alpha value is -0.820. The molecule has 1 aliphatic rings. The van der Waals surface area contributed by atoms with E-state index in [2.05, 4.69) is 44.2 Å². The SMILES string of the molecule is CC1(C)CCCCC1C(O)CCCc1ccccc1. The first-order chi connectivity index (χ1) is 9.09. The summed E-state index contributed by atoms with van der Waals surface area (Å²) in [5.41, 5.74) is 1.71. The highest BCUT2D eigenvalue weighted by Crippen LogP contribution is 2.43. The zero-order valence-corrected chi connectivity index (χ0v) is 12.4. The molecular formula is C18H28O. The zero-order chi connectivity index (χ0) is 13.7. The molecule has 1 aromatic rings. The molecule has 106 valence electrons. The first-order valence-corrected chi connectivity index (χ1v) is 7.81. The number of hydrogen-bond acceptors (Lipinski definition) is 1. The van der Waals surface area contributed by atoms with Crippen LogP contribution in [0.2, 0.25) is 0 Å². The summed E-state index contributed by atoms with van der Waals surface area (Å²) in [6, 6.07) is 10.6. The molecule has 0 amide bonds. The van der Waals surface area contributed by atoms with Crippen molar-refractivity contribution < 1.29 is 5.11 Å². The Morgan fingerprint density at radius 2 is 1.95 bits per heavy atom. The molecule has 1 saturated carbocycles. The van der Waals surface area contributed by atoms with Gasteiger partial charge in [-0.25, -0.2) is 0 Å². The standard InChI is InChI=1S/C18H28O/c1-18(2)14-7-6-12-16(18)17(19)13-8-11-15-9-4-3-5-10-15/h3-5,9-10,16-17,19H,6-8,11-14H2,1-2H3. The maximum Gasteiger partial charge on any atom is 0.0573 e. The van der Waals surface area contributed by atoms with Crippen molar-refractivity contribution in [2.24, 2.45) is 11.3 Å². The van der Waals surface area contributed by atoms with Crippen molar-refractivity contribution in [1.82, 2.24) is 0 Å². The Kier molecular flexibility index (Phi) is 5.04. The number of rotatable bonds is 5. The zero-order valence-electron chi connectivity index (χ0n) is 12.4. The van der Waals surface area contributed by atoms with Crippen LogP contribution in [0.25, 0.3) is 0 Å². The van der Waals surface area contributed by atoms with Crippen LogP contribution in [0.15, 0.2) is 30.3 Å². The largest absolute Gasteiger partial charge is 0.393 e. The van der Waals surface area contributed by atoms with Crippen molar-refractivity contribution in [3.8, 4) is 0 Å². The van der Waals surface area contributed by atoms with Crippen LogP contribution in [0, 0.1) is 11.3 Å². The summed E-state index contributed by atoms with van der Waals surface area (Å²) in [6.07, 6.45) is 8.13. The summed E-state index contributed by atoms with van der Waals surface area (Å²) in [5.74, 6) is 0.497. The van der Waals surface area contributed by atoms with E-state index in [1.165, 1.54) is 31.2 Å². The Morgan fingerprint density at radius 3 is 2.63 bits per heavy atom. The average molecular weight is 260 g/mol. The van der Waals surface area contributed by atoms with Crippen molar-refractivity contribution in [3.63, 3.8) is 0 Å². The summed E-state index contributed by atoms with van der Waals surface area (Å²) < 4.78 is 0. The van der Waals surface area contributed by atoms with Crippen LogP contribution in [0.3, 0.4) is 0 Å². The molecule has 1 heteroatoms. The number of aliphatic hydroxyl groups excluding tert-OH is 1. The maximum absolute atomic E-state index is 10.5. The molecule has 1 aliphatic carbocycles. The molecule has 0 saturated heterocycles. The molecule has 2 unspecified atom stereocenters. The number of benzene rings is 1. The van der Waals surface area contributed by atoms with Gasteiger partial charge >= 0.3 is 0 Å². The minimum Gasteiger partial charge on any atom is -0.393 e. The van der Waals surface area contributed by atoms with Gasteiger partial charge in [0.2, 0.25) is 0 Å². The van der Waals surface area contributed by atoms with Gasteiger partial charge in [-0.15, -0.1) is 0 Å². The van der Waals surface area contributed by atoms with Gasteiger partial charge in [0.15, 0.2) is 0 Å². The van der Waals surface area contributed by atoms with Crippen LogP contribution in [0.4, 0.5) is 0 Å². The van der Waals surface area contributed by atoms with Gasteiger partial charge in [0.05, 0.1) is 6.10 Å². The van der Waals surface area contributed by atoms with Gasteiger partial charge in [-0.2, -0.15) is 0 Å². The van der Waals surface area contributed by atoms with Crippen molar-refractivity contribution in [1.29, 1.82) is 0 Å². The Labute approximate surface area is 118 Å². The Balaban J connectivity index is 1.79. The third kappa shape index (κ3) is 4.07. The summed E-state index contributed by atoms with van der Waals surface area (Å²) in [4.78, 5) is 0. The van der Waals surface area contributed by atoms with E-state index in [1.54, 1.807) is 0 Å². The lowest BCUT2D eigenvalue weighted by Crippen LogP contribution is -2.36. The van der Waals surface area contributed by atoms with Crippen LogP contribution in [0.1, 0.15) is 57.9 Å². The second kappa shape index (κ2) is 6.56. The highest BCUT2D eigenvalue weighted by molar-refractivity contribution is 5.14. The molecule has 0 radical (unpaired) electrons. The monoisotopic (exact) mass is 260 g/mol. The van der Waals surface area contributed by atoms with Gasteiger partial charge in [0.25, 0.3) is 0 Å². The van der Waals surface area contributed by atoms with Gasteiger partial charge in [-0.1, -0.05) is 57.0 Å². The van der Waals surface area contributed by atoms with Gasteiger partial charge in [0.1, 0.15) is 0 Å². The van der Waals surface area contributed by atoms with E-state index >= 15 is 0 Å². The predicted molar refractivity (Wildman–Crippen MR) is 81.1 cm³/mol. The molecule has 19 heavy (non-hydrogen) atoms. The van der Waals surface area contributed by atoms with Crippen LogP contribution in [0.5, 0.6) is 0 Å². The minimum atomic E-state index is -0.112. The van der Waals surface area contributed by atoms with Crippen molar-refractivity contribution >= 4 is 0 Å². The van der Waals surface area contributed by atoms with Gasteiger partial charge < -0.3 is 5.11 Å². The molecule has 1 fully saturated rings. The molecule has 0 heterocycles. The van der Waals surface area contributed by atoms with Crippen molar-refractivity contribution in [3.05, 3.63) is 35.9 Å². The maximum atomic E-state index is 10.5. The van der Waals surface area contributed by atoms with Gasteiger partial charge in [-0.05, 0) is 49.0 Å². The highest BCUT2D eigenvalue weighted by Gasteiger charge is 2.36. The third-order valence-electron chi connectivity index (χ3n) is 4.86. The average Bonchev–Trinajstić information content (AvgIpc) is 2.39. The molecule has 2 rings (SSSR count). The topological polar surface area (TPSA) is 20.2 Å². The fraction of sp³-hybridized carbons (Fsp3) is 0.667. The summed E-state index contributed by atoms with van der Waals surface area (Å²) >= 11 is 0. The lowest BCUT2D eigenvalue weighted by atomic mass is 9.66. The fourth-order valence-corrected chi connectivity index (χ4v) is 3.60. The van der Waals surface area contributed by atoms with Gasteiger partial charge in [-0.3, -0.25) is 0 Å². The quantitative estimate of drug-likeness (QED) is 0.821. The molecule has 1 nitrogen and oxygen atoms in total. The lowest BCUT2D eigenvalue weighted by molar-refractivity contribution is -0.000117. The molecule has 0 spiro atoms. The lowest BCUT2D eigenvalue weighted by Gasteiger charge is -2.41. The minimum absolute atomic E-state index is 0.112. The molecule has 1 aromatic carbocycles. The molecular weight excluding hydrogens is 232 g/mol. The second-order valence-electron chi connectivity index (χ2n) is 6.79. The van der Waals surface area contributed by atoms with Gasteiger partial charge in [0, 0.05) is 0 Å². The van der Waals surface area contributed by atoms with E-state index in [1.807, 2.05) is 0 Å². The van der Waals surface area contributed by atoms with E-state index in [4.69, 9.17) is 0 Å². The normalized spacial score (nSPS) is 24.1. The summed E-state index contributed by atoms with van der Waals surface area (Å²) in [6.45, 7) is 4.66. The van der Waals surface area contributed by atoms with E-state index in [9.17, 15) is 5.11 Å². The van der Waals surface area contributed by atoms with Crippen LogP contribution < -0.4 is 0 Å². The smallest absolute Gasteiger partial charge is 0.0573 e. The van der Waals surface area contributed by atoms with Crippen LogP contribution in [-0.2, 0) is 6.42 Å². The summed E-state index contributed by atoms with van der Waals surface area (Å²) in [5, 5.41) is 10.5. The number of aliphatic hydroxyl groups is 1. The molecule has 1 N–H and O–H groups in total. The van der Waals surface area contributed by atoms with E-state index < -0.39 is 0 Å². The molecule has 0 aromatic heterocycles. The predicted octanol–water partition coefficient (Wildman–Crippen LogP) is 4.59. The van der Waals surface area contributed by atoms with Crippen LogP contribution >= 0.6 is 0 Å². The highest BCUT2D eigenvalue weighted by atomic mass is 16.3. The molecule has 0 bridgehead atoms. The first kappa shape index (κ1) is 14.6. The fourth-order valence-electron chi connectivity index (χ4n) is 3.60. The molecule has 0 aliphatic heterocycles. The number of aryl methyl sites for hydroxylation is 1. The van der Waals surface area contributed by atoms with Crippen LogP contribution in [-0.4, -0.2) is 11.2 Å². The van der Waals surface area contributed by atoms with E-state index in [0.717, 1.165) is 19.3 Å². The van der Waals surface area contributed by atoms with E-state index in [-0.39, 0.29) is 6.10 Å². The van der Waals surface area contributed by atoms with Crippen molar-refractivity contribution in [2.45, 2.75) is 64.9 Å². The Morgan fingerprint density at radius 1 is 1.21 bits per heavy atom. The second-order valence-corrected chi connectivity index (χ2v) is 6.79. The third-order valence-corrected chi connectivity index (χ3v) is 4.86. The molecule has 2 atom stereocenters.